The van der Waals surface area contributed by atoms with E-state index in [0.29, 0.717) is 10.1 Å². The van der Waals surface area contributed by atoms with Crippen LogP contribution < -0.4 is 10.6 Å². The molecule has 0 aliphatic carbocycles. The van der Waals surface area contributed by atoms with E-state index in [1.165, 1.54) is 16.7 Å². The Morgan fingerprint density at radius 3 is 2.33 bits per heavy atom. The predicted octanol–water partition coefficient (Wildman–Crippen LogP) is 5.00. The minimum Gasteiger partial charge on any atom is -0.356 e. The third kappa shape index (κ3) is 4.45. The van der Waals surface area contributed by atoms with Crippen LogP contribution >= 0.6 is 23.8 Å². The molecule has 0 bridgehead atoms. The Morgan fingerprint density at radius 1 is 1.05 bits per heavy atom. The highest BCUT2D eigenvalue weighted by Crippen LogP contribution is 2.17. The molecule has 2 aromatic rings. The second-order valence-corrected chi connectivity index (χ2v) is 6.02. The molecular formula is C17H19ClN2S. The molecule has 1 unspecified atom stereocenters. The van der Waals surface area contributed by atoms with Crippen LogP contribution in [0.2, 0.25) is 5.02 Å². The van der Waals surface area contributed by atoms with Crippen LogP contribution in [-0.2, 0) is 0 Å². The van der Waals surface area contributed by atoms with Gasteiger partial charge in [0, 0.05) is 10.7 Å². The molecule has 0 aliphatic rings. The maximum absolute atomic E-state index is 5.86. The van der Waals surface area contributed by atoms with Crippen LogP contribution in [-0.4, -0.2) is 5.11 Å². The van der Waals surface area contributed by atoms with Crippen molar-refractivity contribution in [1.82, 2.24) is 5.32 Å². The second-order valence-electron chi connectivity index (χ2n) is 5.17. The van der Waals surface area contributed by atoms with Crippen molar-refractivity contribution >= 4 is 34.6 Å². The van der Waals surface area contributed by atoms with E-state index >= 15 is 0 Å². The number of halogens is 1. The van der Waals surface area contributed by atoms with Gasteiger partial charge in [-0.15, -0.1) is 0 Å². The third-order valence-corrected chi connectivity index (χ3v) is 3.95. The van der Waals surface area contributed by atoms with Gasteiger partial charge < -0.3 is 10.6 Å². The number of hydrogen-bond acceptors (Lipinski definition) is 1. The predicted molar refractivity (Wildman–Crippen MR) is 95.1 cm³/mol. The Bertz CT molecular complexity index is 638. The molecule has 1 atom stereocenters. The van der Waals surface area contributed by atoms with Crippen molar-refractivity contribution in [3.8, 4) is 0 Å². The summed E-state index contributed by atoms with van der Waals surface area (Å²) in [5.74, 6) is 0. The molecule has 21 heavy (non-hydrogen) atoms. The van der Waals surface area contributed by atoms with E-state index in [0.717, 1.165) is 5.69 Å². The highest BCUT2D eigenvalue weighted by Gasteiger charge is 2.08. The third-order valence-electron chi connectivity index (χ3n) is 3.48. The summed E-state index contributed by atoms with van der Waals surface area (Å²) in [6, 6.07) is 14.1. The van der Waals surface area contributed by atoms with Crippen molar-refractivity contribution in [3.63, 3.8) is 0 Å². The summed E-state index contributed by atoms with van der Waals surface area (Å²) in [5, 5.41) is 7.76. The lowest BCUT2D eigenvalue weighted by molar-refractivity contribution is 0.721. The molecule has 0 heterocycles. The minimum atomic E-state index is 0.150. The molecule has 0 aromatic heterocycles. The van der Waals surface area contributed by atoms with Crippen LogP contribution in [0.4, 0.5) is 5.69 Å². The van der Waals surface area contributed by atoms with Crippen LogP contribution in [0.5, 0.6) is 0 Å². The van der Waals surface area contributed by atoms with Gasteiger partial charge in [0.15, 0.2) is 5.11 Å². The second kappa shape index (κ2) is 6.92. The average Bonchev–Trinajstić information content (AvgIpc) is 2.44. The Balaban J connectivity index is 1.98. The summed E-state index contributed by atoms with van der Waals surface area (Å²) in [4.78, 5) is 0. The zero-order valence-corrected chi connectivity index (χ0v) is 14.0. The van der Waals surface area contributed by atoms with Crippen molar-refractivity contribution < 1.29 is 0 Å². The van der Waals surface area contributed by atoms with E-state index in [1.807, 2.05) is 24.3 Å². The SMILES string of the molecule is Cc1ccc(C(C)NC(=S)Nc2ccc(Cl)cc2)cc1C. The first kappa shape index (κ1) is 15.8. The first-order chi connectivity index (χ1) is 9.95. The average molecular weight is 319 g/mol. The number of hydrogen-bond donors (Lipinski definition) is 2. The molecule has 2 nitrogen and oxygen atoms in total. The summed E-state index contributed by atoms with van der Waals surface area (Å²) >= 11 is 11.2. The van der Waals surface area contributed by atoms with Crippen molar-refractivity contribution in [1.29, 1.82) is 0 Å². The van der Waals surface area contributed by atoms with Crippen molar-refractivity contribution in [2.45, 2.75) is 26.8 Å². The molecular weight excluding hydrogens is 300 g/mol. The Hall–Kier alpha value is -1.58. The smallest absolute Gasteiger partial charge is 0.171 e. The molecule has 0 saturated heterocycles. The fraction of sp³-hybridized carbons (Fsp3) is 0.235. The number of anilines is 1. The molecule has 0 amide bonds. The molecule has 2 N–H and O–H groups in total. The largest absolute Gasteiger partial charge is 0.356 e. The van der Waals surface area contributed by atoms with E-state index in [4.69, 9.17) is 23.8 Å². The first-order valence-corrected chi connectivity index (χ1v) is 7.64. The standard InChI is InChI=1S/C17H19ClN2S/c1-11-4-5-14(10-12(11)2)13(3)19-17(21)20-16-8-6-15(18)7-9-16/h4-10,13H,1-3H3,(H2,19,20,21). The molecule has 0 fully saturated rings. The highest BCUT2D eigenvalue weighted by molar-refractivity contribution is 7.80. The first-order valence-electron chi connectivity index (χ1n) is 6.86. The summed E-state index contributed by atoms with van der Waals surface area (Å²) in [6.07, 6.45) is 0. The Kier molecular flexibility index (Phi) is 5.21. The van der Waals surface area contributed by atoms with Crippen molar-refractivity contribution in [2.75, 3.05) is 5.32 Å². The van der Waals surface area contributed by atoms with Gasteiger partial charge in [-0.05, 0) is 73.9 Å². The highest BCUT2D eigenvalue weighted by atomic mass is 35.5. The number of rotatable bonds is 3. The summed E-state index contributed by atoms with van der Waals surface area (Å²) in [5.41, 5.74) is 4.73. The molecule has 2 aromatic carbocycles. The fourth-order valence-electron chi connectivity index (χ4n) is 2.01. The van der Waals surface area contributed by atoms with Gasteiger partial charge in [0.2, 0.25) is 0 Å². The quantitative estimate of drug-likeness (QED) is 0.778. The van der Waals surface area contributed by atoms with E-state index in [1.54, 1.807) is 0 Å². The summed E-state index contributed by atoms with van der Waals surface area (Å²) in [7, 11) is 0. The molecule has 4 heteroatoms. The van der Waals surface area contributed by atoms with E-state index in [-0.39, 0.29) is 6.04 Å². The maximum atomic E-state index is 5.86. The van der Waals surface area contributed by atoms with Crippen LogP contribution in [0, 0.1) is 13.8 Å². The number of nitrogens with one attached hydrogen (secondary N) is 2. The van der Waals surface area contributed by atoms with E-state index < -0.39 is 0 Å². The van der Waals surface area contributed by atoms with Crippen molar-refractivity contribution in [2.24, 2.45) is 0 Å². The monoisotopic (exact) mass is 318 g/mol. The number of benzene rings is 2. The van der Waals surface area contributed by atoms with Gasteiger partial charge >= 0.3 is 0 Å². The lowest BCUT2D eigenvalue weighted by Crippen LogP contribution is -2.30. The maximum Gasteiger partial charge on any atom is 0.171 e. The molecule has 2 rings (SSSR count). The van der Waals surface area contributed by atoms with Gasteiger partial charge in [0.1, 0.15) is 0 Å². The molecule has 0 aliphatic heterocycles. The molecule has 0 saturated carbocycles. The Labute approximate surface area is 136 Å². The number of aryl methyl sites for hydroxylation is 2. The van der Waals surface area contributed by atoms with Gasteiger partial charge in [0.25, 0.3) is 0 Å². The zero-order chi connectivity index (χ0) is 15.4. The van der Waals surface area contributed by atoms with Gasteiger partial charge in [-0.2, -0.15) is 0 Å². The molecule has 0 spiro atoms. The van der Waals surface area contributed by atoms with Crippen molar-refractivity contribution in [3.05, 3.63) is 64.2 Å². The van der Waals surface area contributed by atoms with E-state index in [9.17, 15) is 0 Å². The molecule has 110 valence electrons. The van der Waals surface area contributed by atoms with Gasteiger partial charge in [-0.1, -0.05) is 29.8 Å². The normalized spacial score (nSPS) is 11.8. The summed E-state index contributed by atoms with van der Waals surface area (Å²) in [6.45, 7) is 6.33. The lowest BCUT2D eigenvalue weighted by Gasteiger charge is -2.18. The molecule has 0 radical (unpaired) electrons. The fourth-order valence-corrected chi connectivity index (χ4v) is 2.43. The van der Waals surface area contributed by atoms with Crippen LogP contribution in [0.15, 0.2) is 42.5 Å². The zero-order valence-electron chi connectivity index (χ0n) is 12.4. The van der Waals surface area contributed by atoms with E-state index in [2.05, 4.69) is 49.6 Å². The summed E-state index contributed by atoms with van der Waals surface area (Å²) < 4.78 is 0. The van der Waals surface area contributed by atoms with Crippen LogP contribution in [0.1, 0.15) is 29.7 Å². The Morgan fingerprint density at radius 2 is 1.71 bits per heavy atom. The van der Waals surface area contributed by atoms with Gasteiger partial charge in [-0.3, -0.25) is 0 Å². The van der Waals surface area contributed by atoms with Gasteiger partial charge in [-0.25, -0.2) is 0 Å². The van der Waals surface area contributed by atoms with Crippen LogP contribution in [0.3, 0.4) is 0 Å². The number of thiocarbonyl (C=S) groups is 1. The van der Waals surface area contributed by atoms with Crippen LogP contribution in [0.25, 0.3) is 0 Å². The lowest BCUT2D eigenvalue weighted by atomic mass is 10.0. The topological polar surface area (TPSA) is 24.1 Å². The minimum absolute atomic E-state index is 0.150. The van der Waals surface area contributed by atoms with Gasteiger partial charge in [0.05, 0.1) is 6.04 Å².